The van der Waals surface area contributed by atoms with Gasteiger partial charge in [-0.3, -0.25) is 4.79 Å². The minimum absolute atomic E-state index is 0.0315. The molecule has 14 heteroatoms. The van der Waals surface area contributed by atoms with Crippen molar-refractivity contribution in [3.05, 3.63) is 92.7 Å². The Kier molecular flexibility index (Phi) is 5.50. The van der Waals surface area contributed by atoms with Crippen LogP contribution in [0.1, 0.15) is 29.9 Å². The fourth-order valence-corrected chi connectivity index (χ4v) is 7.94. The van der Waals surface area contributed by atoms with Crippen LogP contribution in [-0.2, 0) is 9.84 Å². The molecule has 0 amide bonds. The highest BCUT2D eigenvalue weighted by atomic mass is 35.5. The number of imidazole rings is 1. The molecule has 5 heterocycles. The summed E-state index contributed by atoms with van der Waals surface area (Å²) in [5.41, 5.74) is 3.53. The number of benzene rings is 2. The van der Waals surface area contributed by atoms with E-state index in [-0.39, 0.29) is 38.9 Å². The smallest absolute Gasteiger partial charge is 0.252 e. The fraction of sp³-hybridized carbons (Fsp3) is 0.214. The number of H-pyrrole nitrogens is 1. The third-order valence-electron chi connectivity index (χ3n) is 8.23. The van der Waals surface area contributed by atoms with E-state index in [2.05, 4.69) is 25.6 Å². The first-order valence-corrected chi connectivity index (χ1v) is 15.6. The number of nitrogens with zero attached hydrogens (tertiary/aromatic N) is 5. The van der Waals surface area contributed by atoms with E-state index in [4.69, 9.17) is 23.2 Å². The number of hydrogen-bond donors (Lipinski definition) is 2. The summed E-state index contributed by atoms with van der Waals surface area (Å²) in [5, 5.41) is 11.7. The maximum atomic E-state index is 15.3. The van der Waals surface area contributed by atoms with Gasteiger partial charge in [0.2, 0.25) is 5.95 Å². The van der Waals surface area contributed by atoms with Gasteiger partial charge in [-0.1, -0.05) is 34.5 Å². The van der Waals surface area contributed by atoms with E-state index in [9.17, 15) is 13.2 Å². The molecule has 212 valence electrons. The lowest BCUT2D eigenvalue weighted by Crippen LogP contribution is -2.26. The maximum absolute atomic E-state index is 15.3. The van der Waals surface area contributed by atoms with E-state index < -0.39 is 21.8 Å². The Balaban J connectivity index is 1.20. The molecular formula is C28H20Cl2FN7O3S. The molecule has 0 saturated heterocycles. The van der Waals surface area contributed by atoms with Crippen LogP contribution < -0.4 is 10.9 Å². The number of hydrogen-bond acceptors (Lipinski definition) is 7. The van der Waals surface area contributed by atoms with Crippen molar-refractivity contribution in [1.82, 2.24) is 29.5 Å². The lowest BCUT2D eigenvalue weighted by molar-refractivity contribution is 0.504. The number of aromatic nitrogens is 6. The zero-order chi connectivity index (χ0) is 28.9. The number of anilines is 1. The van der Waals surface area contributed by atoms with Crippen LogP contribution in [0, 0.1) is 11.9 Å². The van der Waals surface area contributed by atoms with Crippen molar-refractivity contribution in [3.8, 4) is 28.1 Å². The van der Waals surface area contributed by atoms with Gasteiger partial charge in [-0.2, -0.15) is 4.39 Å². The number of pyridine rings is 1. The summed E-state index contributed by atoms with van der Waals surface area (Å²) < 4.78 is 43.7. The van der Waals surface area contributed by atoms with Gasteiger partial charge < -0.3 is 14.9 Å². The Labute approximate surface area is 248 Å². The van der Waals surface area contributed by atoms with Crippen molar-refractivity contribution in [2.45, 2.75) is 23.3 Å². The monoisotopic (exact) mass is 623 g/mol. The molecule has 3 aromatic heterocycles. The number of halogens is 3. The van der Waals surface area contributed by atoms with Crippen molar-refractivity contribution >= 4 is 38.7 Å². The molecule has 0 radical (unpaired) electrons. The Bertz CT molecular complexity index is 2120. The van der Waals surface area contributed by atoms with E-state index in [0.717, 1.165) is 12.1 Å². The van der Waals surface area contributed by atoms with E-state index >= 15 is 4.39 Å². The van der Waals surface area contributed by atoms with E-state index in [1.54, 1.807) is 41.1 Å². The molecule has 2 N–H and O–H groups in total. The van der Waals surface area contributed by atoms with Gasteiger partial charge in [0.05, 0.1) is 34.3 Å². The van der Waals surface area contributed by atoms with Crippen molar-refractivity contribution in [2.75, 3.05) is 17.6 Å². The standard InChI is InChI=1S/C28H20Cl2FN7O3S/c29-15-2-4-20(37-12-23(30)35-36-37)16(10-15)14-7-21-17-11-18(17)26(38(21)24(39)9-14)28-33-25(27(31)34-28)13-1-3-19-22(8-13)42(40,41)6-5-32-19/h1-4,7-10,12,17-18,26,32H,5-6,11H2,(H,33,34). The molecule has 8 rings (SSSR count). The topological polar surface area (TPSA) is 128 Å². The average Bonchev–Trinajstić information content (AvgIpc) is 3.27. The largest absolute Gasteiger partial charge is 0.383 e. The summed E-state index contributed by atoms with van der Waals surface area (Å²) in [4.78, 5) is 21.0. The first-order valence-electron chi connectivity index (χ1n) is 13.2. The SMILES string of the molecule is O=c1cc(-c2cc(Cl)ccc2-n2cc(Cl)nn2)cc2n1C(c1nc(F)c(-c3ccc4c(c3)S(=O)(=O)CCN4)[nH]1)C1CC21. The van der Waals surface area contributed by atoms with Crippen molar-refractivity contribution in [2.24, 2.45) is 5.92 Å². The van der Waals surface area contributed by atoms with Crippen LogP contribution >= 0.6 is 23.2 Å². The van der Waals surface area contributed by atoms with Crippen molar-refractivity contribution < 1.29 is 12.8 Å². The van der Waals surface area contributed by atoms with Gasteiger partial charge in [-0.15, -0.1) is 5.10 Å². The van der Waals surface area contributed by atoms with Crippen LogP contribution in [0.3, 0.4) is 0 Å². The molecule has 0 spiro atoms. The average molecular weight is 624 g/mol. The quantitative estimate of drug-likeness (QED) is 0.293. The van der Waals surface area contributed by atoms with Crippen LogP contribution in [0.25, 0.3) is 28.1 Å². The molecule has 10 nitrogen and oxygen atoms in total. The zero-order valence-electron chi connectivity index (χ0n) is 21.6. The first-order chi connectivity index (χ1) is 20.2. The van der Waals surface area contributed by atoms with Gasteiger partial charge >= 0.3 is 0 Å². The van der Waals surface area contributed by atoms with Gasteiger partial charge in [0.15, 0.2) is 15.0 Å². The molecule has 0 bridgehead atoms. The lowest BCUT2D eigenvalue weighted by Gasteiger charge is -2.19. The minimum atomic E-state index is -3.48. The molecule has 2 aromatic carbocycles. The predicted molar refractivity (Wildman–Crippen MR) is 155 cm³/mol. The van der Waals surface area contributed by atoms with E-state index in [0.29, 0.717) is 45.5 Å². The number of rotatable bonds is 4. The van der Waals surface area contributed by atoms with Gasteiger partial charge in [0.25, 0.3) is 5.56 Å². The third kappa shape index (κ3) is 3.92. The molecule has 3 aliphatic rings. The number of nitrogens with one attached hydrogen (secondary N) is 2. The van der Waals surface area contributed by atoms with Gasteiger partial charge in [-0.25, -0.2) is 18.1 Å². The van der Waals surface area contributed by atoms with Crippen LogP contribution in [-0.4, -0.2) is 50.2 Å². The second kappa shape index (κ2) is 9.00. The summed E-state index contributed by atoms with van der Waals surface area (Å²) in [7, 11) is -3.48. The third-order valence-corrected chi connectivity index (χ3v) is 10.4. The van der Waals surface area contributed by atoms with Crippen LogP contribution in [0.15, 0.2) is 64.4 Å². The second-order valence-electron chi connectivity index (χ2n) is 10.7. The van der Waals surface area contributed by atoms with E-state index in [1.807, 2.05) is 6.07 Å². The van der Waals surface area contributed by atoms with Gasteiger partial charge in [0.1, 0.15) is 11.5 Å². The Morgan fingerprint density at radius 2 is 1.90 bits per heavy atom. The van der Waals surface area contributed by atoms with Crippen LogP contribution in [0.5, 0.6) is 0 Å². The fourth-order valence-electron chi connectivity index (χ4n) is 6.27. The van der Waals surface area contributed by atoms with Crippen molar-refractivity contribution in [1.29, 1.82) is 0 Å². The zero-order valence-corrected chi connectivity index (χ0v) is 23.9. The predicted octanol–water partition coefficient (Wildman–Crippen LogP) is 4.84. The maximum Gasteiger partial charge on any atom is 0.252 e. The Morgan fingerprint density at radius 1 is 1.05 bits per heavy atom. The molecule has 5 aromatic rings. The van der Waals surface area contributed by atoms with Crippen LogP contribution in [0.4, 0.5) is 10.1 Å². The highest BCUT2D eigenvalue weighted by molar-refractivity contribution is 7.91. The lowest BCUT2D eigenvalue weighted by atomic mass is 10.0. The molecule has 3 unspecified atom stereocenters. The molecular weight excluding hydrogens is 604 g/mol. The van der Waals surface area contributed by atoms with Crippen LogP contribution in [0.2, 0.25) is 10.2 Å². The molecule has 1 aliphatic carbocycles. The summed E-state index contributed by atoms with van der Waals surface area (Å²) in [6.45, 7) is 0.324. The van der Waals surface area contributed by atoms with Gasteiger partial charge in [0, 0.05) is 40.4 Å². The second-order valence-corrected chi connectivity index (χ2v) is 13.6. The molecule has 1 fully saturated rings. The van der Waals surface area contributed by atoms with Gasteiger partial charge in [-0.05, 0) is 54.3 Å². The molecule has 1 saturated carbocycles. The van der Waals surface area contributed by atoms with Crippen molar-refractivity contribution in [3.63, 3.8) is 0 Å². The van der Waals surface area contributed by atoms with E-state index in [1.165, 1.54) is 16.8 Å². The number of sulfone groups is 1. The first kappa shape index (κ1) is 25.7. The number of aromatic amines is 1. The molecule has 42 heavy (non-hydrogen) atoms. The highest BCUT2D eigenvalue weighted by Gasteiger charge is 2.54. The molecule has 2 aliphatic heterocycles. The Morgan fingerprint density at radius 3 is 2.71 bits per heavy atom. The Hall–Kier alpha value is -4.00. The highest BCUT2D eigenvalue weighted by Crippen LogP contribution is 2.60. The summed E-state index contributed by atoms with van der Waals surface area (Å²) in [6, 6.07) is 13.0. The summed E-state index contributed by atoms with van der Waals surface area (Å²) in [6.07, 6.45) is 2.40. The normalized spacial score (nSPS) is 21.4. The summed E-state index contributed by atoms with van der Waals surface area (Å²) in [5.74, 6) is -0.273. The molecule has 3 atom stereocenters. The number of fused-ring (bicyclic) bond motifs is 4. The summed E-state index contributed by atoms with van der Waals surface area (Å²) >= 11 is 12.3. The minimum Gasteiger partial charge on any atom is -0.383 e.